The number of nitrogens with two attached hydrogens (primary N) is 1. The molecule has 2 amide bonds. The van der Waals surface area contributed by atoms with Gasteiger partial charge in [0.05, 0.1) is 11.4 Å². The number of hydrogen-bond acceptors (Lipinski definition) is 5. The van der Waals surface area contributed by atoms with Gasteiger partial charge in [-0.15, -0.1) is 11.8 Å². The zero-order chi connectivity index (χ0) is 22.3. The van der Waals surface area contributed by atoms with Gasteiger partial charge in [0, 0.05) is 29.3 Å². The summed E-state index contributed by atoms with van der Waals surface area (Å²) in [5, 5.41) is 4.13. The fourth-order valence-corrected chi connectivity index (χ4v) is 5.23. The van der Waals surface area contributed by atoms with Crippen molar-refractivity contribution in [2.75, 3.05) is 24.2 Å². The van der Waals surface area contributed by atoms with Gasteiger partial charge in [0.1, 0.15) is 0 Å². The van der Waals surface area contributed by atoms with Crippen molar-refractivity contribution in [2.24, 2.45) is 11.7 Å². The van der Waals surface area contributed by atoms with Crippen LogP contribution in [0.3, 0.4) is 0 Å². The van der Waals surface area contributed by atoms with Gasteiger partial charge in [0.25, 0.3) is 0 Å². The molecule has 0 saturated carbocycles. The molecule has 31 heavy (non-hydrogen) atoms. The van der Waals surface area contributed by atoms with Gasteiger partial charge in [0.2, 0.25) is 21.8 Å². The molecular weight excluding hydrogens is 434 g/mol. The Balaban J connectivity index is 1.57. The number of primary amides is 1. The first-order chi connectivity index (χ1) is 14.8. The van der Waals surface area contributed by atoms with E-state index in [4.69, 9.17) is 5.73 Å². The van der Waals surface area contributed by atoms with Crippen LogP contribution in [0.15, 0.2) is 64.9 Å². The fourth-order valence-electron chi connectivity index (χ4n) is 3.27. The van der Waals surface area contributed by atoms with Crippen molar-refractivity contribution < 1.29 is 18.0 Å². The standard InChI is InChI=1S/C22H25N3O4S2/c23-21(26)16-30-20-9-5-4-8-19(20)24-22(27)18-10-13-25(14-11-18)31(28,29)15-12-17-6-2-1-3-7-17/h1-9,12,15,18H,10-11,13-14,16H2,(H2,23,26)(H,24,27)/b15-12+. The first-order valence-corrected chi connectivity index (χ1v) is 12.4. The zero-order valence-electron chi connectivity index (χ0n) is 16.9. The molecule has 0 bridgehead atoms. The van der Waals surface area contributed by atoms with Gasteiger partial charge in [-0.3, -0.25) is 9.59 Å². The second-order valence-electron chi connectivity index (χ2n) is 7.17. The molecule has 164 valence electrons. The molecule has 0 radical (unpaired) electrons. The third-order valence-corrected chi connectivity index (χ3v) is 7.59. The average molecular weight is 460 g/mol. The van der Waals surface area contributed by atoms with Crippen molar-refractivity contribution in [1.82, 2.24) is 4.31 Å². The number of piperidine rings is 1. The van der Waals surface area contributed by atoms with Crippen LogP contribution in [-0.4, -0.2) is 43.4 Å². The largest absolute Gasteiger partial charge is 0.369 e. The number of amides is 2. The summed E-state index contributed by atoms with van der Waals surface area (Å²) in [5.41, 5.74) is 6.64. The Morgan fingerprint density at radius 2 is 1.71 bits per heavy atom. The predicted molar refractivity (Wildman–Crippen MR) is 124 cm³/mol. The van der Waals surface area contributed by atoms with Crippen molar-refractivity contribution in [3.63, 3.8) is 0 Å². The topological polar surface area (TPSA) is 110 Å². The van der Waals surface area contributed by atoms with Crippen LogP contribution < -0.4 is 11.1 Å². The lowest BCUT2D eigenvalue weighted by Gasteiger charge is -2.29. The van der Waals surface area contributed by atoms with E-state index in [1.807, 2.05) is 42.5 Å². The quantitative estimate of drug-likeness (QED) is 0.590. The van der Waals surface area contributed by atoms with Gasteiger partial charge < -0.3 is 11.1 Å². The lowest BCUT2D eigenvalue weighted by Crippen LogP contribution is -2.40. The van der Waals surface area contributed by atoms with Gasteiger partial charge >= 0.3 is 0 Å². The molecule has 0 aliphatic carbocycles. The maximum Gasteiger partial charge on any atom is 0.236 e. The number of nitrogens with zero attached hydrogens (tertiary/aromatic N) is 1. The zero-order valence-corrected chi connectivity index (χ0v) is 18.6. The number of hydrogen-bond donors (Lipinski definition) is 2. The van der Waals surface area contributed by atoms with Crippen molar-refractivity contribution >= 4 is 45.4 Å². The molecule has 7 nitrogen and oxygen atoms in total. The highest BCUT2D eigenvalue weighted by Crippen LogP contribution is 2.28. The molecule has 2 aromatic carbocycles. The van der Waals surface area contributed by atoms with Gasteiger partial charge in [-0.05, 0) is 36.6 Å². The summed E-state index contributed by atoms with van der Waals surface area (Å²) in [5.74, 6) is -0.733. The highest BCUT2D eigenvalue weighted by Gasteiger charge is 2.30. The number of carbonyl (C=O) groups excluding carboxylic acids is 2. The predicted octanol–water partition coefficient (Wildman–Crippen LogP) is 2.92. The van der Waals surface area contributed by atoms with E-state index in [2.05, 4.69) is 5.32 Å². The molecule has 1 fully saturated rings. The molecular formula is C22H25N3O4S2. The molecule has 1 saturated heterocycles. The fraction of sp³-hybridized carbons (Fsp3) is 0.273. The Labute approximate surface area is 186 Å². The minimum absolute atomic E-state index is 0.125. The number of nitrogens with one attached hydrogen (secondary N) is 1. The Morgan fingerprint density at radius 3 is 2.39 bits per heavy atom. The van der Waals surface area contributed by atoms with Crippen molar-refractivity contribution in [3.05, 3.63) is 65.6 Å². The molecule has 0 aromatic heterocycles. The van der Waals surface area contributed by atoms with Crippen LogP contribution in [0, 0.1) is 5.92 Å². The first kappa shape index (κ1) is 23.1. The SMILES string of the molecule is NC(=O)CSc1ccccc1NC(=O)C1CCN(S(=O)(=O)/C=C/c2ccccc2)CC1. The highest BCUT2D eigenvalue weighted by atomic mass is 32.2. The highest BCUT2D eigenvalue weighted by molar-refractivity contribution is 8.00. The summed E-state index contributed by atoms with van der Waals surface area (Å²) >= 11 is 1.27. The van der Waals surface area contributed by atoms with E-state index in [1.54, 1.807) is 18.2 Å². The van der Waals surface area contributed by atoms with Crippen LogP contribution in [0.2, 0.25) is 0 Å². The maximum absolute atomic E-state index is 12.7. The monoisotopic (exact) mass is 459 g/mol. The molecule has 9 heteroatoms. The smallest absolute Gasteiger partial charge is 0.236 e. The van der Waals surface area contributed by atoms with Crippen LogP contribution >= 0.6 is 11.8 Å². The Morgan fingerprint density at radius 1 is 1.06 bits per heavy atom. The first-order valence-electron chi connectivity index (χ1n) is 9.89. The number of rotatable bonds is 8. The molecule has 1 aliphatic rings. The van der Waals surface area contributed by atoms with Gasteiger partial charge in [-0.2, -0.15) is 4.31 Å². The number of thioether (sulfide) groups is 1. The van der Waals surface area contributed by atoms with Crippen LogP contribution in [0.4, 0.5) is 5.69 Å². The molecule has 3 N–H and O–H groups in total. The number of carbonyl (C=O) groups is 2. The average Bonchev–Trinajstić information content (AvgIpc) is 2.78. The molecule has 0 atom stereocenters. The van der Waals surface area contributed by atoms with E-state index < -0.39 is 15.9 Å². The van der Waals surface area contributed by atoms with E-state index >= 15 is 0 Å². The van der Waals surface area contributed by atoms with Crippen LogP contribution in [0.5, 0.6) is 0 Å². The van der Waals surface area contributed by atoms with Gasteiger partial charge in [0.15, 0.2) is 0 Å². The molecule has 0 unspecified atom stereocenters. The normalized spacial score (nSPS) is 15.7. The van der Waals surface area contributed by atoms with E-state index in [1.165, 1.54) is 21.5 Å². The van der Waals surface area contributed by atoms with Gasteiger partial charge in [-0.25, -0.2) is 8.42 Å². The van der Waals surface area contributed by atoms with Crippen LogP contribution in [-0.2, 0) is 19.6 Å². The lowest BCUT2D eigenvalue weighted by molar-refractivity contribution is -0.121. The number of benzene rings is 2. The maximum atomic E-state index is 12.7. The van der Waals surface area contributed by atoms with Crippen molar-refractivity contribution in [1.29, 1.82) is 0 Å². The van der Waals surface area contributed by atoms with Crippen LogP contribution in [0.25, 0.3) is 6.08 Å². The minimum atomic E-state index is -3.54. The molecule has 1 aliphatic heterocycles. The molecule has 1 heterocycles. The van der Waals surface area contributed by atoms with E-state index in [0.717, 1.165) is 10.5 Å². The van der Waals surface area contributed by atoms with E-state index in [0.29, 0.717) is 18.5 Å². The third-order valence-electron chi connectivity index (χ3n) is 4.93. The summed E-state index contributed by atoms with van der Waals surface area (Å²) in [6.45, 7) is 0.579. The summed E-state index contributed by atoms with van der Waals surface area (Å²) in [6, 6.07) is 16.5. The molecule has 3 rings (SSSR count). The Kier molecular flexibility index (Phi) is 7.89. The Bertz CT molecular complexity index is 1050. The van der Waals surface area contributed by atoms with E-state index in [9.17, 15) is 18.0 Å². The summed E-state index contributed by atoms with van der Waals surface area (Å²) in [4.78, 5) is 24.5. The lowest BCUT2D eigenvalue weighted by atomic mass is 9.97. The molecule has 0 spiro atoms. The third kappa shape index (κ3) is 6.68. The van der Waals surface area contributed by atoms with Crippen molar-refractivity contribution in [3.8, 4) is 0 Å². The van der Waals surface area contributed by atoms with Gasteiger partial charge in [-0.1, -0.05) is 42.5 Å². The summed E-state index contributed by atoms with van der Waals surface area (Å²) in [7, 11) is -3.54. The summed E-state index contributed by atoms with van der Waals surface area (Å²) < 4.78 is 26.6. The van der Waals surface area contributed by atoms with Crippen molar-refractivity contribution in [2.45, 2.75) is 17.7 Å². The Hall–Kier alpha value is -2.62. The molecule has 2 aromatic rings. The minimum Gasteiger partial charge on any atom is -0.369 e. The summed E-state index contributed by atoms with van der Waals surface area (Å²) in [6.07, 6.45) is 2.47. The number of para-hydroxylation sites is 1. The second kappa shape index (κ2) is 10.6. The number of sulfonamides is 1. The second-order valence-corrected chi connectivity index (χ2v) is 10.0. The number of anilines is 1. The van der Waals surface area contributed by atoms with E-state index in [-0.39, 0.29) is 30.7 Å². The van der Waals surface area contributed by atoms with Crippen LogP contribution in [0.1, 0.15) is 18.4 Å².